The Labute approximate surface area is 114 Å². The lowest BCUT2D eigenvalue weighted by Crippen LogP contribution is -2.53. The fourth-order valence-electron chi connectivity index (χ4n) is 2.30. The molecule has 110 valence electrons. The van der Waals surface area contributed by atoms with Gasteiger partial charge in [-0.05, 0) is 26.2 Å². The number of hydrogen-bond acceptors (Lipinski definition) is 4. The first kappa shape index (κ1) is 15.8. The molecular formula is C13H25N3O3. The van der Waals surface area contributed by atoms with Gasteiger partial charge in [-0.2, -0.15) is 0 Å². The maximum absolute atomic E-state index is 12.1. The van der Waals surface area contributed by atoms with E-state index in [2.05, 4.69) is 5.32 Å². The standard InChI is InChI=1S/C13H25N3O3/c1-3-6-11(14)12(17)16-8-5-7-10(9-16)15-13(18)19-4-2/h10-11H,3-9,14H2,1-2H3,(H,15,18). The summed E-state index contributed by atoms with van der Waals surface area (Å²) >= 11 is 0. The minimum atomic E-state index is -0.425. The van der Waals surface area contributed by atoms with Gasteiger partial charge in [-0.3, -0.25) is 4.79 Å². The van der Waals surface area contributed by atoms with Crippen molar-refractivity contribution in [3.8, 4) is 0 Å². The van der Waals surface area contributed by atoms with Crippen molar-refractivity contribution in [3.05, 3.63) is 0 Å². The van der Waals surface area contributed by atoms with E-state index in [4.69, 9.17) is 10.5 Å². The van der Waals surface area contributed by atoms with Crippen LogP contribution in [-0.4, -0.2) is 48.7 Å². The molecule has 1 rings (SSSR count). The highest BCUT2D eigenvalue weighted by Crippen LogP contribution is 2.12. The largest absolute Gasteiger partial charge is 0.450 e. The van der Waals surface area contributed by atoms with E-state index < -0.39 is 12.1 Å². The molecule has 0 spiro atoms. The van der Waals surface area contributed by atoms with Crippen molar-refractivity contribution in [2.75, 3.05) is 19.7 Å². The van der Waals surface area contributed by atoms with Gasteiger partial charge in [0.05, 0.1) is 12.6 Å². The third-order valence-corrected chi connectivity index (χ3v) is 3.25. The molecule has 0 radical (unpaired) electrons. The average molecular weight is 271 g/mol. The highest BCUT2D eigenvalue weighted by molar-refractivity contribution is 5.81. The van der Waals surface area contributed by atoms with Crippen molar-refractivity contribution in [2.24, 2.45) is 5.73 Å². The second-order valence-electron chi connectivity index (χ2n) is 4.88. The van der Waals surface area contributed by atoms with Crippen molar-refractivity contribution < 1.29 is 14.3 Å². The smallest absolute Gasteiger partial charge is 0.407 e. The number of nitrogens with two attached hydrogens (primary N) is 1. The normalized spacial score (nSPS) is 20.8. The van der Waals surface area contributed by atoms with Crippen LogP contribution in [0, 0.1) is 0 Å². The van der Waals surface area contributed by atoms with Crippen LogP contribution in [0.15, 0.2) is 0 Å². The number of alkyl carbamates (subject to hydrolysis) is 1. The molecule has 0 aromatic rings. The Balaban J connectivity index is 2.45. The van der Waals surface area contributed by atoms with Crippen LogP contribution in [0.5, 0.6) is 0 Å². The van der Waals surface area contributed by atoms with E-state index in [0.29, 0.717) is 19.6 Å². The Morgan fingerprint density at radius 2 is 2.21 bits per heavy atom. The Kier molecular flexibility index (Phi) is 6.62. The first-order chi connectivity index (χ1) is 9.08. The molecule has 0 saturated carbocycles. The Hall–Kier alpha value is -1.30. The van der Waals surface area contributed by atoms with Gasteiger partial charge in [0.15, 0.2) is 0 Å². The number of rotatable bonds is 5. The van der Waals surface area contributed by atoms with Crippen LogP contribution < -0.4 is 11.1 Å². The number of likely N-dealkylation sites (tertiary alicyclic amines) is 1. The van der Waals surface area contributed by atoms with E-state index in [9.17, 15) is 9.59 Å². The SMILES string of the molecule is CCCC(N)C(=O)N1CCCC(NC(=O)OCC)C1. The molecule has 1 aliphatic heterocycles. The van der Waals surface area contributed by atoms with Gasteiger partial charge in [0.2, 0.25) is 5.91 Å². The van der Waals surface area contributed by atoms with Gasteiger partial charge in [-0.1, -0.05) is 13.3 Å². The van der Waals surface area contributed by atoms with Crippen LogP contribution in [0.25, 0.3) is 0 Å². The summed E-state index contributed by atoms with van der Waals surface area (Å²) < 4.78 is 4.85. The maximum atomic E-state index is 12.1. The van der Waals surface area contributed by atoms with Crippen molar-refractivity contribution in [1.29, 1.82) is 0 Å². The molecule has 0 aromatic heterocycles. The molecule has 1 aliphatic rings. The summed E-state index contributed by atoms with van der Waals surface area (Å²) in [4.78, 5) is 25.2. The number of hydrogen-bond donors (Lipinski definition) is 2. The van der Waals surface area contributed by atoms with Gasteiger partial charge in [0.1, 0.15) is 0 Å². The van der Waals surface area contributed by atoms with Gasteiger partial charge >= 0.3 is 6.09 Å². The molecule has 6 nitrogen and oxygen atoms in total. The Morgan fingerprint density at radius 1 is 1.47 bits per heavy atom. The van der Waals surface area contributed by atoms with Crippen molar-refractivity contribution in [2.45, 2.75) is 51.6 Å². The fraction of sp³-hybridized carbons (Fsp3) is 0.846. The maximum Gasteiger partial charge on any atom is 0.407 e. The highest BCUT2D eigenvalue weighted by Gasteiger charge is 2.27. The molecule has 2 atom stereocenters. The van der Waals surface area contributed by atoms with E-state index in [0.717, 1.165) is 25.8 Å². The number of nitrogens with one attached hydrogen (secondary N) is 1. The first-order valence-corrected chi connectivity index (χ1v) is 7.06. The summed E-state index contributed by atoms with van der Waals surface area (Å²) in [6.45, 7) is 5.36. The number of carbonyl (C=O) groups is 2. The summed E-state index contributed by atoms with van der Waals surface area (Å²) in [5.74, 6) is -0.0165. The van der Waals surface area contributed by atoms with E-state index >= 15 is 0 Å². The van der Waals surface area contributed by atoms with Crippen molar-refractivity contribution >= 4 is 12.0 Å². The zero-order valence-electron chi connectivity index (χ0n) is 11.9. The quantitative estimate of drug-likeness (QED) is 0.776. The van der Waals surface area contributed by atoms with Gasteiger partial charge in [-0.25, -0.2) is 4.79 Å². The van der Waals surface area contributed by atoms with Crippen molar-refractivity contribution in [3.63, 3.8) is 0 Å². The lowest BCUT2D eigenvalue weighted by molar-refractivity contribution is -0.134. The molecule has 0 aromatic carbocycles. The van der Waals surface area contributed by atoms with E-state index in [1.807, 2.05) is 6.92 Å². The third kappa shape index (κ3) is 5.06. The third-order valence-electron chi connectivity index (χ3n) is 3.25. The fourth-order valence-corrected chi connectivity index (χ4v) is 2.30. The molecule has 2 unspecified atom stereocenters. The Bertz CT molecular complexity index is 310. The van der Waals surface area contributed by atoms with Crippen LogP contribution in [0.3, 0.4) is 0 Å². The van der Waals surface area contributed by atoms with Gasteiger partial charge in [0, 0.05) is 19.1 Å². The summed E-state index contributed by atoms with van der Waals surface area (Å²) in [6, 6.07) is -0.461. The number of amides is 2. The second kappa shape index (κ2) is 7.99. The van der Waals surface area contributed by atoms with Crippen LogP contribution in [0.2, 0.25) is 0 Å². The zero-order valence-corrected chi connectivity index (χ0v) is 11.9. The molecule has 3 N–H and O–H groups in total. The summed E-state index contributed by atoms with van der Waals surface area (Å²) in [5, 5.41) is 2.78. The molecular weight excluding hydrogens is 246 g/mol. The minimum Gasteiger partial charge on any atom is -0.450 e. The zero-order chi connectivity index (χ0) is 14.3. The van der Waals surface area contributed by atoms with Gasteiger partial charge < -0.3 is 20.7 Å². The van der Waals surface area contributed by atoms with Crippen LogP contribution in [0.1, 0.15) is 39.5 Å². The molecule has 6 heteroatoms. The van der Waals surface area contributed by atoms with Crippen molar-refractivity contribution in [1.82, 2.24) is 10.2 Å². The molecule has 19 heavy (non-hydrogen) atoms. The monoisotopic (exact) mass is 271 g/mol. The topological polar surface area (TPSA) is 84.7 Å². The predicted octanol–water partition coefficient (Wildman–Crippen LogP) is 0.851. The van der Waals surface area contributed by atoms with Gasteiger partial charge in [0.25, 0.3) is 0 Å². The second-order valence-corrected chi connectivity index (χ2v) is 4.88. The van der Waals surface area contributed by atoms with E-state index in [1.165, 1.54) is 0 Å². The number of piperidine rings is 1. The Morgan fingerprint density at radius 3 is 2.84 bits per heavy atom. The number of nitrogens with zero attached hydrogens (tertiary/aromatic N) is 1. The lowest BCUT2D eigenvalue weighted by atomic mass is 10.0. The summed E-state index contributed by atoms with van der Waals surface area (Å²) in [5.41, 5.74) is 5.85. The molecule has 1 saturated heterocycles. The number of carbonyl (C=O) groups excluding carboxylic acids is 2. The first-order valence-electron chi connectivity index (χ1n) is 7.06. The highest BCUT2D eigenvalue weighted by atomic mass is 16.5. The summed E-state index contributed by atoms with van der Waals surface area (Å²) in [7, 11) is 0. The molecule has 0 bridgehead atoms. The molecule has 1 fully saturated rings. The number of ether oxygens (including phenoxy) is 1. The average Bonchev–Trinajstić information content (AvgIpc) is 2.38. The summed E-state index contributed by atoms with van der Waals surface area (Å²) in [6.07, 6.45) is 2.92. The van der Waals surface area contributed by atoms with Crippen LogP contribution in [-0.2, 0) is 9.53 Å². The molecule has 1 heterocycles. The molecule has 2 amide bonds. The van der Waals surface area contributed by atoms with Gasteiger partial charge in [-0.15, -0.1) is 0 Å². The van der Waals surface area contributed by atoms with Crippen LogP contribution >= 0.6 is 0 Å². The minimum absolute atomic E-state index is 0.0165. The predicted molar refractivity (Wildman–Crippen MR) is 72.6 cm³/mol. The van der Waals surface area contributed by atoms with E-state index in [1.54, 1.807) is 11.8 Å². The molecule has 0 aliphatic carbocycles. The lowest BCUT2D eigenvalue weighted by Gasteiger charge is -2.34. The van der Waals surface area contributed by atoms with E-state index in [-0.39, 0.29) is 11.9 Å². The van der Waals surface area contributed by atoms with Crippen LogP contribution in [0.4, 0.5) is 4.79 Å².